The molecule has 0 bridgehead atoms. The topological polar surface area (TPSA) is 36.9 Å². The van der Waals surface area contributed by atoms with Crippen LogP contribution in [0.3, 0.4) is 0 Å². The van der Waals surface area contributed by atoms with Gasteiger partial charge < -0.3 is 0 Å². The van der Waals surface area contributed by atoms with E-state index in [0.717, 1.165) is 12.8 Å². The van der Waals surface area contributed by atoms with Crippen molar-refractivity contribution in [2.24, 2.45) is 11.3 Å². The molecule has 0 aromatic heterocycles. The monoisotopic (exact) mass is 316 g/mol. The Morgan fingerprint density at radius 1 is 0.864 bits per heavy atom. The van der Waals surface area contributed by atoms with Crippen LogP contribution in [0, 0.1) is 11.3 Å². The molecule has 0 saturated heterocycles. The SMILES string of the molecule is CC1CC(C)(OOC(C)(C)C)CC(C)(C)C1OOC(C)(C)C. The zero-order valence-electron chi connectivity index (χ0n) is 16.2. The fraction of sp³-hybridized carbons (Fsp3) is 1.00. The maximum atomic E-state index is 5.84. The molecule has 0 amide bonds. The first kappa shape index (κ1) is 19.9. The molecule has 3 unspecified atom stereocenters. The molecule has 1 aliphatic carbocycles. The lowest BCUT2D eigenvalue weighted by Crippen LogP contribution is -2.52. The van der Waals surface area contributed by atoms with Crippen LogP contribution in [0.5, 0.6) is 0 Å². The predicted molar refractivity (Wildman–Crippen MR) is 88.2 cm³/mol. The van der Waals surface area contributed by atoms with E-state index < -0.39 is 0 Å². The Bertz CT molecular complexity index is 364. The molecule has 0 heterocycles. The van der Waals surface area contributed by atoms with Gasteiger partial charge in [-0.25, -0.2) is 19.6 Å². The van der Waals surface area contributed by atoms with Gasteiger partial charge in [0.05, 0.1) is 11.2 Å². The van der Waals surface area contributed by atoms with Crippen molar-refractivity contribution in [2.45, 2.75) is 105 Å². The van der Waals surface area contributed by atoms with Crippen LogP contribution in [0.1, 0.15) is 82.1 Å². The van der Waals surface area contributed by atoms with Crippen molar-refractivity contribution in [3.63, 3.8) is 0 Å². The highest BCUT2D eigenvalue weighted by molar-refractivity contribution is 4.97. The third-order valence-electron chi connectivity index (χ3n) is 3.77. The summed E-state index contributed by atoms with van der Waals surface area (Å²) in [5, 5.41) is 0. The summed E-state index contributed by atoms with van der Waals surface area (Å²) in [4.78, 5) is 22.8. The average Bonchev–Trinajstić information content (AvgIpc) is 2.21. The first-order chi connectivity index (χ1) is 9.64. The van der Waals surface area contributed by atoms with Gasteiger partial charge in [0.15, 0.2) is 0 Å². The molecule has 0 spiro atoms. The molecular weight excluding hydrogens is 280 g/mol. The van der Waals surface area contributed by atoms with Crippen molar-refractivity contribution in [1.29, 1.82) is 0 Å². The molecule has 4 nitrogen and oxygen atoms in total. The second-order valence-corrected chi connectivity index (χ2v) is 9.79. The highest BCUT2D eigenvalue weighted by Crippen LogP contribution is 2.47. The van der Waals surface area contributed by atoms with E-state index >= 15 is 0 Å². The number of rotatable bonds is 4. The maximum Gasteiger partial charge on any atom is 0.102 e. The Morgan fingerprint density at radius 2 is 1.36 bits per heavy atom. The minimum Gasteiger partial charge on any atom is -0.232 e. The lowest BCUT2D eigenvalue weighted by atomic mass is 9.64. The van der Waals surface area contributed by atoms with Crippen molar-refractivity contribution in [1.82, 2.24) is 0 Å². The minimum atomic E-state index is -0.308. The number of hydrogen-bond donors (Lipinski definition) is 0. The van der Waals surface area contributed by atoms with E-state index in [0.29, 0.717) is 5.92 Å². The van der Waals surface area contributed by atoms with E-state index in [4.69, 9.17) is 19.6 Å². The Morgan fingerprint density at radius 3 is 1.77 bits per heavy atom. The highest BCUT2D eigenvalue weighted by Gasteiger charge is 2.50. The molecule has 132 valence electrons. The Balaban J connectivity index is 2.75. The normalized spacial score (nSPS) is 33.0. The summed E-state index contributed by atoms with van der Waals surface area (Å²) in [6.07, 6.45) is 1.78. The fourth-order valence-corrected chi connectivity index (χ4v) is 3.41. The molecule has 3 atom stereocenters. The Kier molecular flexibility index (Phi) is 5.77. The van der Waals surface area contributed by atoms with Gasteiger partial charge in [-0.3, -0.25) is 0 Å². The summed E-state index contributed by atoms with van der Waals surface area (Å²) >= 11 is 0. The van der Waals surface area contributed by atoms with Gasteiger partial charge in [0.1, 0.15) is 11.7 Å². The largest absolute Gasteiger partial charge is 0.232 e. The van der Waals surface area contributed by atoms with Crippen molar-refractivity contribution in [3.8, 4) is 0 Å². The number of hydrogen-bond acceptors (Lipinski definition) is 4. The van der Waals surface area contributed by atoms with Crippen LogP contribution >= 0.6 is 0 Å². The van der Waals surface area contributed by atoms with Crippen molar-refractivity contribution in [2.75, 3.05) is 0 Å². The lowest BCUT2D eigenvalue weighted by molar-refractivity contribution is -0.434. The molecule has 1 fully saturated rings. The highest BCUT2D eigenvalue weighted by atomic mass is 17.2. The summed E-state index contributed by atoms with van der Waals surface area (Å²) < 4.78 is 0. The Labute approximate surface area is 136 Å². The van der Waals surface area contributed by atoms with Crippen LogP contribution in [0.25, 0.3) is 0 Å². The van der Waals surface area contributed by atoms with Crippen molar-refractivity contribution in [3.05, 3.63) is 0 Å². The predicted octanol–water partition coefficient (Wildman–Crippen LogP) is 5.06. The van der Waals surface area contributed by atoms with Gasteiger partial charge in [-0.2, -0.15) is 0 Å². The van der Waals surface area contributed by atoms with Crippen LogP contribution in [0.4, 0.5) is 0 Å². The quantitative estimate of drug-likeness (QED) is 0.536. The first-order valence-corrected chi connectivity index (χ1v) is 8.35. The molecule has 1 rings (SSSR count). The van der Waals surface area contributed by atoms with E-state index in [-0.39, 0.29) is 28.3 Å². The van der Waals surface area contributed by atoms with E-state index in [1.165, 1.54) is 0 Å². The zero-order chi connectivity index (χ0) is 17.4. The van der Waals surface area contributed by atoms with E-state index in [2.05, 4.69) is 27.7 Å². The van der Waals surface area contributed by atoms with Crippen LogP contribution in [0.2, 0.25) is 0 Å². The van der Waals surface area contributed by atoms with Crippen LogP contribution in [-0.2, 0) is 19.6 Å². The van der Waals surface area contributed by atoms with Gasteiger partial charge >= 0.3 is 0 Å². The van der Waals surface area contributed by atoms with Gasteiger partial charge in [-0.05, 0) is 72.6 Å². The van der Waals surface area contributed by atoms with E-state index in [1.807, 2.05) is 41.5 Å². The lowest BCUT2D eigenvalue weighted by Gasteiger charge is -2.49. The molecule has 0 N–H and O–H groups in total. The first-order valence-electron chi connectivity index (χ1n) is 8.35. The zero-order valence-corrected chi connectivity index (χ0v) is 16.2. The average molecular weight is 316 g/mol. The van der Waals surface area contributed by atoms with Crippen LogP contribution < -0.4 is 0 Å². The van der Waals surface area contributed by atoms with Crippen molar-refractivity contribution < 1.29 is 19.6 Å². The van der Waals surface area contributed by atoms with Crippen molar-refractivity contribution >= 4 is 0 Å². The van der Waals surface area contributed by atoms with Crippen LogP contribution in [-0.4, -0.2) is 22.9 Å². The molecule has 0 aromatic rings. The third-order valence-corrected chi connectivity index (χ3v) is 3.77. The summed E-state index contributed by atoms with van der Waals surface area (Å²) in [5.41, 5.74) is -0.974. The maximum absolute atomic E-state index is 5.84. The van der Waals surface area contributed by atoms with E-state index in [1.54, 1.807) is 0 Å². The summed E-state index contributed by atoms with van der Waals surface area (Å²) in [6.45, 7) is 20.7. The van der Waals surface area contributed by atoms with E-state index in [9.17, 15) is 0 Å². The molecule has 0 radical (unpaired) electrons. The second-order valence-electron chi connectivity index (χ2n) is 9.79. The van der Waals surface area contributed by atoms with Gasteiger partial charge in [0.2, 0.25) is 0 Å². The van der Waals surface area contributed by atoms with Gasteiger partial charge in [0, 0.05) is 0 Å². The summed E-state index contributed by atoms with van der Waals surface area (Å²) in [7, 11) is 0. The van der Waals surface area contributed by atoms with Crippen LogP contribution in [0.15, 0.2) is 0 Å². The fourth-order valence-electron chi connectivity index (χ4n) is 3.41. The second kappa shape index (κ2) is 6.39. The standard InChI is InChI=1S/C18H36O4/c1-13-11-18(10,22-21-16(5,6)7)12-17(8,9)14(13)19-20-15(2,3)4/h13-14H,11-12H2,1-10H3. The molecule has 0 aromatic carbocycles. The third kappa shape index (κ3) is 6.15. The van der Waals surface area contributed by atoms with Gasteiger partial charge in [-0.15, -0.1) is 0 Å². The molecule has 1 saturated carbocycles. The molecule has 0 aliphatic heterocycles. The van der Waals surface area contributed by atoms with Gasteiger partial charge in [-0.1, -0.05) is 20.8 Å². The summed E-state index contributed by atoms with van der Waals surface area (Å²) in [6, 6.07) is 0. The Hall–Kier alpha value is -0.160. The van der Waals surface area contributed by atoms with Gasteiger partial charge in [0.25, 0.3) is 0 Å². The smallest absolute Gasteiger partial charge is 0.102 e. The molecule has 22 heavy (non-hydrogen) atoms. The molecule has 1 aliphatic rings. The summed E-state index contributed by atoms with van der Waals surface area (Å²) in [5.74, 6) is 0.319. The minimum absolute atomic E-state index is 0.0398. The molecular formula is C18H36O4. The molecule has 4 heteroatoms.